The maximum atomic E-state index is 13.7. The molecular weight excluding hydrogens is 389 g/mol. The van der Waals surface area contributed by atoms with Gasteiger partial charge in [-0.3, -0.25) is 23.5 Å². The first kappa shape index (κ1) is 20.1. The SMILES string of the molecule is Cn1cc(C(=O)C2CCN(C(=O)CCCc3cn4c(F)ccc4c(=O)[nH]3)CC2)cn1. The maximum Gasteiger partial charge on any atom is 0.272 e. The predicted octanol–water partition coefficient (Wildman–Crippen LogP) is 1.94. The second kappa shape index (κ2) is 8.25. The number of carbonyl (C=O) groups is 2. The third kappa shape index (κ3) is 4.05. The summed E-state index contributed by atoms with van der Waals surface area (Å²) < 4.78 is 16.6. The Hall–Kier alpha value is -3.23. The number of fused-ring (bicyclic) bond motifs is 1. The molecule has 3 aromatic rings. The molecule has 4 heterocycles. The number of aryl methyl sites for hydroxylation is 2. The standard InChI is InChI=1S/C21H24FN5O3/c1-25-12-15(11-23-25)20(29)14-7-9-26(10-8-14)19(28)4-2-3-16-13-27-17(21(30)24-16)5-6-18(27)22/h5-6,11-14H,2-4,7-10H2,1H3,(H,24,30). The van der Waals surface area contributed by atoms with Gasteiger partial charge in [-0.05, 0) is 37.8 Å². The summed E-state index contributed by atoms with van der Waals surface area (Å²) in [6.45, 7) is 1.12. The van der Waals surface area contributed by atoms with E-state index < -0.39 is 5.95 Å². The Kier molecular flexibility index (Phi) is 5.52. The van der Waals surface area contributed by atoms with E-state index in [0.29, 0.717) is 56.5 Å². The number of hydrogen-bond acceptors (Lipinski definition) is 4. The van der Waals surface area contributed by atoms with Crippen LogP contribution in [0, 0.1) is 11.9 Å². The van der Waals surface area contributed by atoms with Crippen molar-refractivity contribution in [2.24, 2.45) is 13.0 Å². The Morgan fingerprint density at radius 2 is 2.00 bits per heavy atom. The van der Waals surface area contributed by atoms with Crippen LogP contribution in [-0.4, -0.2) is 48.8 Å². The van der Waals surface area contributed by atoms with Gasteiger partial charge in [-0.15, -0.1) is 0 Å². The number of amides is 1. The van der Waals surface area contributed by atoms with Crippen LogP contribution < -0.4 is 5.56 Å². The molecule has 158 valence electrons. The molecule has 8 nitrogen and oxygen atoms in total. The average Bonchev–Trinajstić information content (AvgIpc) is 3.34. The molecule has 1 aliphatic rings. The van der Waals surface area contributed by atoms with E-state index in [1.165, 1.54) is 16.5 Å². The highest BCUT2D eigenvalue weighted by atomic mass is 19.1. The largest absolute Gasteiger partial charge is 0.343 e. The van der Waals surface area contributed by atoms with Crippen molar-refractivity contribution >= 4 is 17.2 Å². The van der Waals surface area contributed by atoms with Crippen LogP contribution in [0.15, 0.2) is 35.5 Å². The molecular formula is C21H24FN5O3. The first-order chi connectivity index (χ1) is 14.4. The van der Waals surface area contributed by atoms with E-state index in [0.717, 1.165) is 0 Å². The third-order valence-corrected chi connectivity index (χ3v) is 5.70. The molecule has 0 saturated carbocycles. The normalized spacial score (nSPS) is 15.1. The van der Waals surface area contributed by atoms with Crippen molar-refractivity contribution in [2.75, 3.05) is 13.1 Å². The van der Waals surface area contributed by atoms with Gasteiger partial charge in [-0.2, -0.15) is 9.49 Å². The molecule has 0 aromatic carbocycles. The molecule has 0 bridgehead atoms. The number of ketones is 1. The summed E-state index contributed by atoms with van der Waals surface area (Å²) >= 11 is 0. The number of hydrogen-bond donors (Lipinski definition) is 1. The molecule has 0 aliphatic carbocycles. The van der Waals surface area contributed by atoms with Gasteiger partial charge in [0.1, 0.15) is 5.52 Å². The molecule has 3 aromatic heterocycles. The van der Waals surface area contributed by atoms with Crippen LogP contribution in [0.25, 0.3) is 5.52 Å². The fourth-order valence-electron chi connectivity index (χ4n) is 4.03. The predicted molar refractivity (Wildman–Crippen MR) is 108 cm³/mol. The zero-order chi connectivity index (χ0) is 21.3. The highest BCUT2D eigenvalue weighted by molar-refractivity contribution is 5.97. The van der Waals surface area contributed by atoms with Crippen LogP contribution in [0.4, 0.5) is 4.39 Å². The monoisotopic (exact) mass is 413 g/mol. The quantitative estimate of drug-likeness (QED) is 0.625. The number of halogens is 1. The van der Waals surface area contributed by atoms with Gasteiger partial charge in [-0.1, -0.05) is 0 Å². The average molecular weight is 413 g/mol. The lowest BCUT2D eigenvalue weighted by atomic mass is 9.90. The molecule has 1 saturated heterocycles. The zero-order valence-electron chi connectivity index (χ0n) is 16.8. The van der Waals surface area contributed by atoms with E-state index in [-0.39, 0.29) is 28.7 Å². The summed E-state index contributed by atoms with van der Waals surface area (Å²) in [6, 6.07) is 2.69. The Labute approximate surface area is 172 Å². The summed E-state index contributed by atoms with van der Waals surface area (Å²) in [5, 5.41) is 4.05. The number of nitrogens with one attached hydrogen (secondary N) is 1. The van der Waals surface area contributed by atoms with Crippen LogP contribution in [0.1, 0.15) is 41.7 Å². The van der Waals surface area contributed by atoms with Crippen LogP contribution in [0.3, 0.4) is 0 Å². The van der Waals surface area contributed by atoms with Gasteiger partial charge < -0.3 is 9.88 Å². The lowest BCUT2D eigenvalue weighted by molar-refractivity contribution is -0.132. The fraction of sp³-hybridized carbons (Fsp3) is 0.429. The molecule has 0 radical (unpaired) electrons. The van der Waals surface area contributed by atoms with E-state index in [2.05, 4.69) is 10.1 Å². The summed E-state index contributed by atoms with van der Waals surface area (Å²) in [4.78, 5) is 41.6. The Morgan fingerprint density at radius 1 is 1.23 bits per heavy atom. The highest BCUT2D eigenvalue weighted by Crippen LogP contribution is 2.22. The van der Waals surface area contributed by atoms with Gasteiger partial charge in [0.25, 0.3) is 5.56 Å². The minimum atomic E-state index is -0.489. The van der Waals surface area contributed by atoms with E-state index >= 15 is 0 Å². The fourth-order valence-corrected chi connectivity index (χ4v) is 4.03. The second-order valence-electron chi connectivity index (χ2n) is 7.80. The van der Waals surface area contributed by atoms with Crippen molar-refractivity contribution in [3.05, 3.63) is 58.3 Å². The molecule has 9 heteroatoms. The summed E-state index contributed by atoms with van der Waals surface area (Å²) in [5.41, 5.74) is 1.13. The lowest BCUT2D eigenvalue weighted by Gasteiger charge is -2.31. The van der Waals surface area contributed by atoms with Crippen molar-refractivity contribution < 1.29 is 14.0 Å². The number of aromatic nitrogens is 4. The molecule has 4 rings (SSSR count). The summed E-state index contributed by atoms with van der Waals surface area (Å²) in [5.74, 6) is -0.437. The molecule has 0 atom stereocenters. The number of H-pyrrole nitrogens is 1. The van der Waals surface area contributed by atoms with Gasteiger partial charge >= 0.3 is 0 Å². The van der Waals surface area contributed by atoms with E-state index in [4.69, 9.17) is 0 Å². The number of likely N-dealkylation sites (tertiary alicyclic amines) is 1. The molecule has 0 spiro atoms. The van der Waals surface area contributed by atoms with Crippen molar-refractivity contribution in [3.63, 3.8) is 0 Å². The highest BCUT2D eigenvalue weighted by Gasteiger charge is 2.28. The number of aromatic amines is 1. The van der Waals surface area contributed by atoms with E-state index in [1.54, 1.807) is 35.2 Å². The molecule has 30 heavy (non-hydrogen) atoms. The Morgan fingerprint density at radius 3 is 2.70 bits per heavy atom. The Balaban J connectivity index is 1.27. The van der Waals surface area contributed by atoms with Crippen LogP contribution >= 0.6 is 0 Å². The number of Topliss-reactive ketones (excluding diaryl/α,β-unsaturated/α-hetero) is 1. The van der Waals surface area contributed by atoms with Gasteiger partial charge in [0.2, 0.25) is 5.91 Å². The Bertz CT molecular complexity index is 1140. The molecule has 1 N–H and O–H groups in total. The third-order valence-electron chi connectivity index (χ3n) is 5.70. The van der Waals surface area contributed by atoms with Crippen LogP contribution in [0.2, 0.25) is 0 Å². The smallest absolute Gasteiger partial charge is 0.272 e. The molecule has 0 unspecified atom stereocenters. The van der Waals surface area contributed by atoms with Crippen LogP contribution in [-0.2, 0) is 18.3 Å². The van der Waals surface area contributed by atoms with Crippen molar-refractivity contribution in [2.45, 2.75) is 32.1 Å². The van der Waals surface area contributed by atoms with Crippen LogP contribution in [0.5, 0.6) is 0 Å². The summed E-state index contributed by atoms with van der Waals surface area (Å²) in [7, 11) is 1.78. The second-order valence-corrected chi connectivity index (χ2v) is 7.80. The van der Waals surface area contributed by atoms with Gasteiger partial charge in [0.15, 0.2) is 11.7 Å². The van der Waals surface area contributed by atoms with E-state index in [1.807, 2.05) is 0 Å². The first-order valence-electron chi connectivity index (χ1n) is 10.1. The van der Waals surface area contributed by atoms with Gasteiger partial charge in [-0.25, -0.2) is 0 Å². The topological polar surface area (TPSA) is 92.5 Å². The zero-order valence-corrected chi connectivity index (χ0v) is 16.8. The van der Waals surface area contributed by atoms with Crippen molar-refractivity contribution in [1.82, 2.24) is 24.1 Å². The first-order valence-corrected chi connectivity index (χ1v) is 10.1. The minimum Gasteiger partial charge on any atom is -0.343 e. The van der Waals surface area contributed by atoms with Gasteiger partial charge in [0, 0.05) is 50.6 Å². The lowest BCUT2D eigenvalue weighted by Crippen LogP contribution is -2.40. The number of nitrogens with zero attached hydrogens (tertiary/aromatic N) is 4. The molecule has 1 amide bonds. The number of piperidine rings is 1. The minimum absolute atomic E-state index is 0.0397. The summed E-state index contributed by atoms with van der Waals surface area (Å²) in [6.07, 6.45) is 7.54. The number of rotatable bonds is 6. The van der Waals surface area contributed by atoms with Crippen molar-refractivity contribution in [3.8, 4) is 0 Å². The molecule has 1 aliphatic heterocycles. The molecule has 1 fully saturated rings. The maximum absolute atomic E-state index is 13.7. The number of carbonyl (C=O) groups excluding carboxylic acids is 2. The van der Waals surface area contributed by atoms with Gasteiger partial charge in [0.05, 0.1) is 11.8 Å². The van der Waals surface area contributed by atoms with E-state index in [9.17, 15) is 18.8 Å². The van der Waals surface area contributed by atoms with Crippen molar-refractivity contribution in [1.29, 1.82) is 0 Å².